The van der Waals surface area contributed by atoms with Crippen LogP contribution in [0.3, 0.4) is 0 Å². The number of esters is 1. The summed E-state index contributed by atoms with van der Waals surface area (Å²) >= 11 is 7.34. The van der Waals surface area contributed by atoms with E-state index in [1.165, 1.54) is 11.3 Å². The summed E-state index contributed by atoms with van der Waals surface area (Å²) in [7, 11) is 0. The molecule has 1 aromatic carbocycles. The zero-order chi connectivity index (χ0) is 21.3. The van der Waals surface area contributed by atoms with Gasteiger partial charge in [0.1, 0.15) is 0 Å². The molecule has 1 aliphatic heterocycles. The number of allylic oxidation sites excluding steroid dienone is 1. The van der Waals surface area contributed by atoms with Crippen LogP contribution in [0.25, 0.3) is 6.08 Å². The van der Waals surface area contributed by atoms with Crippen molar-refractivity contribution in [2.75, 3.05) is 6.61 Å². The molecule has 0 aliphatic carbocycles. The highest BCUT2D eigenvalue weighted by atomic mass is 35.5. The monoisotopic (exact) mass is 439 g/mol. The molecule has 0 N–H and O–H groups in total. The first-order valence-corrected chi connectivity index (χ1v) is 10.5. The second-order valence-electron chi connectivity index (χ2n) is 6.63. The van der Waals surface area contributed by atoms with E-state index in [0.717, 1.165) is 11.1 Å². The van der Waals surface area contributed by atoms with Crippen LogP contribution in [0.5, 0.6) is 0 Å². The minimum atomic E-state index is -0.642. The first-order valence-electron chi connectivity index (χ1n) is 9.34. The zero-order valence-corrected chi connectivity index (χ0v) is 17.9. The molecule has 0 radical (unpaired) electrons. The van der Waals surface area contributed by atoms with Crippen molar-refractivity contribution >= 4 is 35.0 Å². The zero-order valence-electron chi connectivity index (χ0n) is 16.3. The topological polar surface area (TPSA) is 73.6 Å². The molecule has 0 bridgehead atoms. The molecule has 0 unspecified atom stereocenters. The van der Waals surface area contributed by atoms with E-state index >= 15 is 0 Å². The fourth-order valence-corrected chi connectivity index (χ4v) is 4.54. The molecule has 0 saturated heterocycles. The number of halogens is 1. The Morgan fingerprint density at radius 1 is 1.23 bits per heavy atom. The SMILES string of the molecule is CCOC(=O)C1=C(C)N=c2s/c(=C\c3ccncc3)c(=O)n2[C@H]1c1ccc(Cl)cc1. The highest BCUT2D eigenvalue weighted by Crippen LogP contribution is 2.31. The van der Waals surface area contributed by atoms with E-state index in [0.29, 0.717) is 25.6 Å². The maximum absolute atomic E-state index is 13.4. The number of nitrogens with zero attached hydrogens (tertiary/aromatic N) is 3. The molecule has 6 nitrogen and oxygen atoms in total. The highest BCUT2D eigenvalue weighted by Gasteiger charge is 2.33. The van der Waals surface area contributed by atoms with Crippen molar-refractivity contribution in [2.24, 2.45) is 4.99 Å². The third kappa shape index (κ3) is 3.74. The third-order valence-electron chi connectivity index (χ3n) is 4.71. The van der Waals surface area contributed by atoms with Gasteiger partial charge in [-0.15, -0.1) is 0 Å². The summed E-state index contributed by atoms with van der Waals surface area (Å²) in [6.45, 7) is 3.74. The van der Waals surface area contributed by atoms with Gasteiger partial charge in [-0.25, -0.2) is 9.79 Å². The fourth-order valence-electron chi connectivity index (χ4n) is 3.36. The van der Waals surface area contributed by atoms with Crippen LogP contribution in [0.15, 0.2) is 69.8 Å². The number of carbonyl (C=O) groups excluding carboxylic acids is 1. The summed E-state index contributed by atoms with van der Waals surface area (Å²) in [5.74, 6) is -0.484. The van der Waals surface area contributed by atoms with Gasteiger partial charge in [0.05, 0.1) is 28.5 Å². The maximum atomic E-state index is 13.4. The van der Waals surface area contributed by atoms with Crippen LogP contribution in [-0.2, 0) is 9.53 Å². The predicted molar refractivity (Wildman–Crippen MR) is 116 cm³/mol. The average molecular weight is 440 g/mol. The standard InChI is InChI=1S/C22H18ClN3O3S/c1-3-29-21(28)18-13(2)25-22-26(19(18)15-4-6-16(23)7-5-15)20(27)17(30-22)12-14-8-10-24-11-9-14/h4-12,19H,3H2,1-2H3/b17-12-/t19-/m0/s1. The largest absolute Gasteiger partial charge is 0.463 e. The lowest BCUT2D eigenvalue weighted by atomic mass is 9.96. The molecule has 2 aromatic heterocycles. The van der Waals surface area contributed by atoms with Crippen LogP contribution in [0.4, 0.5) is 0 Å². The summed E-state index contributed by atoms with van der Waals surface area (Å²) in [5.41, 5.74) is 2.28. The van der Waals surface area contributed by atoms with Crippen LogP contribution >= 0.6 is 22.9 Å². The van der Waals surface area contributed by atoms with Gasteiger partial charge in [-0.2, -0.15) is 0 Å². The number of carbonyl (C=O) groups is 1. The minimum absolute atomic E-state index is 0.218. The molecule has 0 saturated carbocycles. The van der Waals surface area contributed by atoms with Gasteiger partial charge >= 0.3 is 5.97 Å². The van der Waals surface area contributed by atoms with Crippen molar-refractivity contribution in [1.82, 2.24) is 9.55 Å². The lowest BCUT2D eigenvalue weighted by Gasteiger charge is -2.24. The summed E-state index contributed by atoms with van der Waals surface area (Å²) in [4.78, 5) is 35.2. The molecule has 0 amide bonds. The van der Waals surface area contributed by atoms with Gasteiger partial charge < -0.3 is 4.74 Å². The molecule has 1 atom stereocenters. The van der Waals surface area contributed by atoms with Crippen molar-refractivity contribution in [3.63, 3.8) is 0 Å². The second kappa shape index (κ2) is 8.38. The van der Waals surface area contributed by atoms with E-state index in [9.17, 15) is 9.59 Å². The van der Waals surface area contributed by atoms with Gasteiger partial charge in [-0.3, -0.25) is 14.3 Å². The van der Waals surface area contributed by atoms with Crippen molar-refractivity contribution in [2.45, 2.75) is 19.9 Å². The van der Waals surface area contributed by atoms with E-state index in [2.05, 4.69) is 9.98 Å². The molecule has 3 heterocycles. The van der Waals surface area contributed by atoms with Crippen molar-refractivity contribution < 1.29 is 9.53 Å². The Hall–Kier alpha value is -3.03. The number of hydrogen-bond acceptors (Lipinski definition) is 6. The van der Waals surface area contributed by atoms with Gasteiger partial charge in [-0.1, -0.05) is 35.1 Å². The van der Waals surface area contributed by atoms with Crippen molar-refractivity contribution in [1.29, 1.82) is 0 Å². The number of fused-ring (bicyclic) bond motifs is 1. The summed E-state index contributed by atoms with van der Waals surface area (Å²) in [5, 5.41) is 0.572. The minimum Gasteiger partial charge on any atom is -0.463 e. The van der Waals surface area contributed by atoms with Crippen LogP contribution < -0.4 is 14.9 Å². The smallest absolute Gasteiger partial charge is 0.338 e. The summed E-state index contributed by atoms with van der Waals surface area (Å²) in [6, 6.07) is 10.1. The van der Waals surface area contributed by atoms with E-state index in [4.69, 9.17) is 16.3 Å². The molecule has 0 spiro atoms. The summed E-state index contributed by atoms with van der Waals surface area (Å²) < 4.78 is 7.36. The Balaban J connectivity index is 1.96. The molecule has 30 heavy (non-hydrogen) atoms. The van der Waals surface area contributed by atoms with Crippen LogP contribution in [0.2, 0.25) is 5.02 Å². The van der Waals surface area contributed by atoms with Crippen LogP contribution in [-0.4, -0.2) is 22.1 Å². The van der Waals surface area contributed by atoms with Crippen molar-refractivity contribution in [3.05, 3.63) is 95.9 Å². The normalized spacial score (nSPS) is 16.2. The van der Waals surface area contributed by atoms with Crippen LogP contribution in [0.1, 0.15) is 31.0 Å². The molecule has 8 heteroatoms. The number of ether oxygens (including phenoxy) is 1. The predicted octanol–water partition coefficient (Wildman–Crippen LogP) is 2.85. The van der Waals surface area contributed by atoms with Gasteiger partial charge in [0, 0.05) is 17.4 Å². The van der Waals surface area contributed by atoms with E-state index in [1.807, 2.05) is 24.3 Å². The first-order chi connectivity index (χ1) is 14.5. The molecule has 4 rings (SSSR count). The Labute approximate surface area is 181 Å². The van der Waals surface area contributed by atoms with Gasteiger partial charge in [-0.05, 0) is 55.3 Å². The number of thiazole rings is 1. The lowest BCUT2D eigenvalue weighted by molar-refractivity contribution is -0.139. The number of aromatic nitrogens is 2. The number of benzene rings is 1. The van der Waals surface area contributed by atoms with Crippen LogP contribution in [0, 0.1) is 0 Å². The Kier molecular flexibility index (Phi) is 5.65. The molecule has 1 aliphatic rings. The molecule has 152 valence electrons. The fraction of sp³-hybridized carbons (Fsp3) is 0.182. The Morgan fingerprint density at radius 2 is 1.93 bits per heavy atom. The molecular weight excluding hydrogens is 422 g/mol. The van der Waals surface area contributed by atoms with E-state index in [-0.39, 0.29) is 12.2 Å². The number of pyridine rings is 1. The third-order valence-corrected chi connectivity index (χ3v) is 5.94. The Morgan fingerprint density at radius 3 is 2.60 bits per heavy atom. The highest BCUT2D eigenvalue weighted by molar-refractivity contribution is 7.07. The molecule has 3 aromatic rings. The van der Waals surface area contributed by atoms with Crippen molar-refractivity contribution in [3.8, 4) is 0 Å². The maximum Gasteiger partial charge on any atom is 0.338 e. The van der Waals surface area contributed by atoms with Gasteiger partial charge in [0.25, 0.3) is 5.56 Å². The van der Waals surface area contributed by atoms with Gasteiger partial charge in [0.2, 0.25) is 0 Å². The Bertz CT molecular complexity index is 1310. The quantitative estimate of drug-likeness (QED) is 0.586. The van der Waals surface area contributed by atoms with Gasteiger partial charge in [0.15, 0.2) is 4.80 Å². The van der Waals surface area contributed by atoms with E-state index in [1.54, 1.807) is 49.0 Å². The number of rotatable bonds is 4. The second-order valence-corrected chi connectivity index (χ2v) is 8.08. The summed E-state index contributed by atoms with van der Waals surface area (Å²) in [6.07, 6.45) is 5.14. The molecule has 0 fully saturated rings. The number of hydrogen-bond donors (Lipinski definition) is 0. The first kappa shape index (κ1) is 20.3. The lowest BCUT2D eigenvalue weighted by Crippen LogP contribution is -2.39. The average Bonchev–Trinajstić information content (AvgIpc) is 3.03. The van der Waals surface area contributed by atoms with E-state index < -0.39 is 12.0 Å². The molecular formula is C22H18ClN3O3S.